The van der Waals surface area contributed by atoms with Gasteiger partial charge < -0.3 is 0 Å². The van der Waals surface area contributed by atoms with Crippen LogP contribution in [0.4, 0.5) is 0 Å². The molecule has 0 unspecified atom stereocenters. The van der Waals surface area contributed by atoms with Gasteiger partial charge in [0.05, 0.1) is 16.3 Å². The van der Waals surface area contributed by atoms with Gasteiger partial charge in [0, 0.05) is 16.5 Å². The zero-order valence-corrected chi connectivity index (χ0v) is 22.1. The highest BCUT2D eigenvalue weighted by Crippen LogP contribution is 2.40. The van der Waals surface area contributed by atoms with E-state index >= 15 is 0 Å². The monoisotopic (exact) mass is 488 g/mol. The first-order chi connectivity index (χ1) is 17.7. The number of nitrogens with zero attached hydrogens (tertiary/aromatic N) is 2. The third kappa shape index (κ3) is 4.64. The first kappa shape index (κ1) is 24.1. The topological polar surface area (TPSA) is 25.8 Å². The van der Waals surface area contributed by atoms with E-state index in [9.17, 15) is 0 Å². The Labute approximate surface area is 218 Å². The van der Waals surface area contributed by atoms with Crippen molar-refractivity contribution in [2.75, 3.05) is 0 Å². The number of benzene rings is 3. The van der Waals surface area contributed by atoms with Gasteiger partial charge in [-0.05, 0) is 53.5 Å². The molecule has 180 valence electrons. The molecule has 2 heterocycles. The van der Waals surface area contributed by atoms with Crippen molar-refractivity contribution in [2.45, 2.75) is 45.4 Å². The molecular weight excluding hydrogens is 456 g/mol. The molecule has 0 radical (unpaired) electrons. The second-order valence-corrected chi connectivity index (χ2v) is 10.2. The molecule has 0 saturated carbocycles. The van der Waals surface area contributed by atoms with E-state index in [2.05, 4.69) is 117 Å². The van der Waals surface area contributed by atoms with Crippen LogP contribution in [-0.2, 0) is 11.8 Å². The first-order valence-electron chi connectivity index (χ1n) is 12.9. The van der Waals surface area contributed by atoms with Gasteiger partial charge >= 0.3 is 0 Å². The minimum absolute atomic E-state index is 0.000323. The molecule has 0 N–H and O–H groups in total. The fourth-order valence-corrected chi connectivity index (χ4v) is 5.80. The van der Waals surface area contributed by atoms with Crippen molar-refractivity contribution in [1.29, 1.82) is 0 Å². The summed E-state index contributed by atoms with van der Waals surface area (Å²) in [5.74, 6) is 0.761. The van der Waals surface area contributed by atoms with Crippen LogP contribution >= 0.6 is 11.3 Å². The van der Waals surface area contributed by atoms with Crippen LogP contribution in [0, 0.1) is 0 Å². The van der Waals surface area contributed by atoms with E-state index in [1.165, 1.54) is 16.7 Å². The number of rotatable bonds is 8. The second-order valence-electron chi connectivity index (χ2n) is 9.22. The van der Waals surface area contributed by atoms with E-state index in [0.29, 0.717) is 0 Å². The lowest BCUT2D eigenvalue weighted by Gasteiger charge is -2.33. The molecular formula is C33H32N2S. The van der Waals surface area contributed by atoms with E-state index in [1.54, 1.807) is 11.3 Å². The largest absolute Gasteiger partial charge is 0.228 e. The van der Waals surface area contributed by atoms with Gasteiger partial charge in [-0.25, -0.2) is 9.97 Å². The molecule has 0 amide bonds. The van der Waals surface area contributed by atoms with Crippen LogP contribution in [0.15, 0.2) is 102 Å². The van der Waals surface area contributed by atoms with E-state index in [1.807, 2.05) is 6.07 Å². The summed E-state index contributed by atoms with van der Waals surface area (Å²) in [6.45, 7) is 6.80. The molecule has 0 bridgehead atoms. The average Bonchev–Trinajstić information content (AvgIpc) is 3.50. The van der Waals surface area contributed by atoms with Crippen molar-refractivity contribution in [3.63, 3.8) is 0 Å². The van der Waals surface area contributed by atoms with Gasteiger partial charge in [0.15, 0.2) is 5.82 Å². The third-order valence-electron chi connectivity index (χ3n) is 7.39. The van der Waals surface area contributed by atoms with Crippen molar-refractivity contribution >= 4 is 11.3 Å². The van der Waals surface area contributed by atoms with Gasteiger partial charge in [0.2, 0.25) is 0 Å². The van der Waals surface area contributed by atoms with Gasteiger partial charge in [-0.1, -0.05) is 106 Å². The Morgan fingerprint density at radius 3 is 1.86 bits per heavy atom. The molecule has 36 heavy (non-hydrogen) atoms. The Morgan fingerprint density at radius 2 is 1.28 bits per heavy atom. The van der Waals surface area contributed by atoms with Crippen LogP contribution in [0.25, 0.3) is 33.2 Å². The van der Waals surface area contributed by atoms with Crippen molar-refractivity contribution in [1.82, 2.24) is 9.97 Å². The van der Waals surface area contributed by atoms with Crippen molar-refractivity contribution in [3.8, 4) is 33.2 Å². The predicted octanol–water partition coefficient (Wildman–Crippen LogP) is 9.21. The first-order valence-corrected chi connectivity index (χ1v) is 13.7. The predicted molar refractivity (Wildman–Crippen MR) is 153 cm³/mol. The quantitative estimate of drug-likeness (QED) is 0.217. The molecule has 5 rings (SSSR count). The summed E-state index contributed by atoms with van der Waals surface area (Å²) in [4.78, 5) is 11.1. The van der Waals surface area contributed by atoms with Crippen LogP contribution < -0.4 is 0 Å². The minimum atomic E-state index is -0.000323. The number of aromatic nitrogens is 2. The summed E-state index contributed by atoms with van der Waals surface area (Å²) >= 11 is 1.71. The summed E-state index contributed by atoms with van der Waals surface area (Å²) in [7, 11) is 0. The van der Waals surface area contributed by atoms with Gasteiger partial charge in [-0.3, -0.25) is 0 Å². The van der Waals surface area contributed by atoms with E-state index in [-0.39, 0.29) is 5.41 Å². The molecule has 0 aliphatic rings. The Balaban J connectivity index is 1.56. The van der Waals surface area contributed by atoms with Crippen LogP contribution in [0.5, 0.6) is 0 Å². The second kappa shape index (κ2) is 10.6. The number of hydrogen-bond donors (Lipinski definition) is 0. The lowest BCUT2D eigenvalue weighted by molar-refractivity contribution is 0.478. The highest BCUT2D eigenvalue weighted by Gasteiger charge is 2.30. The fourth-order valence-electron chi connectivity index (χ4n) is 5.11. The summed E-state index contributed by atoms with van der Waals surface area (Å²) < 4.78 is 0. The van der Waals surface area contributed by atoms with Gasteiger partial charge in [-0.2, -0.15) is 0 Å². The summed E-state index contributed by atoms with van der Waals surface area (Å²) in [5, 5.41) is 2.09. The Bertz CT molecular complexity index is 1400. The zero-order chi connectivity index (χ0) is 25.0. The van der Waals surface area contributed by atoms with E-state index < -0.39 is 0 Å². The lowest BCUT2D eigenvalue weighted by atomic mass is 9.70. The van der Waals surface area contributed by atoms with Gasteiger partial charge in [0.1, 0.15) is 0 Å². The van der Waals surface area contributed by atoms with E-state index in [0.717, 1.165) is 52.5 Å². The van der Waals surface area contributed by atoms with Gasteiger partial charge in [-0.15, -0.1) is 11.3 Å². The third-order valence-corrected chi connectivity index (χ3v) is 8.28. The molecule has 0 aliphatic heterocycles. The molecule has 0 saturated heterocycles. The van der Waals surface area contributed by atoms with Crippen LogP contribution in [0.3, 0.4) is 0 Å². The SMILES string of the molecule is CCc1ccc(C(CC)(CC)c2ccc(-c3nc(-c4ccccc4)cc(-c4cccs4)n3)cc2)cc1. The Hall–Kier alpha value is -3.56. The molecule has 3 aromatic carbocycles. The van der Waals surface area contributed by atoms with Crippen molar-refractivity contribution in [3.05, 3.63) is 119 Å². The fraction of sp³-hybridized carbons (Fsp3) is 0.212. The zero-order valence-electron chi connectivity index (χ0n) is 21.2. The van der Waals surface area contributed by atoms with Crippen molar-refractivity contribution in [2.24, 2.45) is 0 Å². The number of aryl methyl sites for hydroxylation is 1. The molecule has 0 fully saturated rings. The Kier molecular flexibility index (Phi) is 7.11. The minimum Gasteiger partial charge on any atom is -0.228 e. The molecule has 0 spiro atoms. The lowest BCUT2D eigenvalue weighted by Crippen LogP contribution is -2.26. The summed E-state index contributed by atoms with van der Waals surface area (Å²) in [6.07, 6.45) is 3.17. The molecule has 2 aromatic heterocycles. The molecule has 5 aromatic rings. The number of hydrogen-bond acceptors (Lipinski definition) is 3. The summed E-state index contributed by atoms with van der Waals surface area (Å²) in [5.41, 5.74) is 8.16. The summed E-state index contributed by atoms with van der Waals surface area (Å²) in [6, 6.07) is 34.8. The Morgan fingerprint density at radius 1 is 0.639 bits per heavy atom. The molecule has 0 aliphatic carbocycles. The van der Waals surface area contributed by atoms with Crippen LogP contribution in [0.1, 0.15) is 50.3 Å². The van der Waals surface area contributed by atoms with E-state index in [4.69, 9.17) is 9.97 Å². The highest BCUT2D eigenvalue weighted by atomic mass is 32.1. The maximum atomic E-state index is 4.99. The van der Waals surface area contributed by atoms with Crippen molar-refractivity contribution < 1.29 is 0 Å². The number of thiophene rings is 1. The molecule has 2 nitrogen and oxygen atoms in total. The maximum Gasteiger partial charge on any atom is 0.160 e. The highest BCUT2D eigenvalue weighted by molar-refractivity contribution is 7.13. The molecule has 3 heteroatoms. The standard InChI is InChI=1S/C33H32N2S/c1-4-24-14-18-27(19-15-24)33(5-2,6-3)28-20-16-26(17-21-28)32-34-29(25-11-8-7-9-12-25)23-30(35-32)31-13-10-22-36-31/h7-23H,4-6H2,1-3H3. The average molecular weight is 489 g/mol. The smallest absolute Gasteiger partial charge is 0.160 e. The van der Waals surface area contributed by atoms with Gasteiger partial charge in [0.25, 0.3) is 0 Å². The van der Waals surface area contributed by atoms with Crippen LogP contribution in [0.2, 0.25) is 0 Å². The normalized spacial score (nSPS) is 11.5. The maximum absolute atomic E-state index is 4.99. The molecule has 0 atom stereocenters. The van der Waals surface area contributed by atoms with Crippen LogP contribution in [-0.4, -0.2) is 9.97 Å².